The lowest BCUT2D eigenvalue weighted by Gasteiger charge is -2.15. The Kier molecular flexibility index (Phi) is 10.2. The summed E-state index contributed by atoms with van der Waals surface area (Å²) in [7, 11) is 0. The van der Waals surface area contributed by atoms with Crippen molar-refractivity contribution in [3.63, 3.8) is 0 Å². The smallest absolute Gasteiger partial charge is 0.237 e. The minimum Gasteiger partial charge on any atom is -0.377 e. The number of ketones is 1. The summed E-state index contributed by atoms with van der Waals surface area (Å²) < 4.78 is 10.4. The van der Waals surface area contributed by atoms with E-state index < -0.39 is 6.04 Å². The third-order valence-corrected chi connectivity index (χ3v) is 2.83. The molecular weight excluding hydrogens is 260 g/mol. The van der Waals surface area contributed by atoms with Crippen LogP contribution in [0.4, 0.5) is 0 Å². The van der Waals surface area contributed by atoms with Crippen LogP contribution >= 0.6 is 0 Å². The zero-order valence-corrected chi connectivity index (χ0v) is 13.0. The van der Waals surface area contributed by atoms with E-state index in [1.54, 1.807) is 0 Å². The first-order chi connectivity index (χ1) is 9.36. The predicted octanol–water partition coefficient (Wildman–Crippen LogP) is 0.344. The van der Waals surface area contributed by atoms with E-state index in [-0.39, 0.29) is 30.1 Å². The molecule has 0 spiro atoms. The van der Waals surface area contributed by atoms with E-state index in [1.165, 1.54) is 0 Å². The number of nitrogens with one attached hydrogen (secondary N) is 1. The molecule has 0 saturated carbocycles. The van der Waals surface area contributed by atoms with E-state index in [4.69, 9.17) is 15.2 Å². The quantitative estimate of drug-likeness (QED) is 0.535. The number of carbonyl (C=O) groups excluding carboxylic acids is 2. The Balaban J connectivity index is 3.41. The number of hydrogen-bond donors (Lipinski definition) is 2. The van der Waals surface area contributed by atoms with Crippen molar-refractivity contribution in [2.24, 2.45) is 17.6 Å². The number of rotatable bonds is 11. The van der Waals surface area contributed by atoms with E-state index in [0.29, 0.717) is 26.4 Å². The molecule has 0 fully saturated rings. The largest absolute Gasteiger partial charge is 0.377 e. The van der Waals surface area contributed by atoms with Crippen LogP contribution in [0.5, 0.6) is 0 Å². The molecule has 118 valence electrons. The van der Waals surface area contributed by atoms with Gasteiger partial charge in [-0.3, -0.25) is 9.59 Å². The van der Waals surface area contributed by atoms with Crippen molar-refractivity contribution < 1.29 is 19.1 Å². The van der Waals surface area contributed by atoms with Gasteiger partial charge in [-0.15, -0.1) is 0 Å². The average Bonchev–Trinajstić information content (AvgIpc) is 2.39. The first kappa shape index (κ1) is 19.0. The first-order valence-corrected chi connectivity index (χ1v) is 7.07. The van der Waals surface area contributed by atoms with E-state index in [2.05, 4.69) is 5.32 Å². The van der Waals surface area contributed by atoms with Crippen molar-refractivity contribution >= 4 is 11.7 Å². The van der Waals surface area contributed by atoms with Gasteiger partial charge in [0.25, 0.3) is 0 Å². The van der Waals surface area contributed by atoms with Gasteiger partial charge in [0.1, 0.15) is 6.61 Å². The number of nitrogens with two attached hydrogens (primary N) is 1. The Morgan fingerprint density at radius 3 is 2.20 bits per heavy atom. The lowest BCUT2D eigenvalue weighted by molar-refractivity contribution is -0.127. The Bertz CT molecular complexity index is 293. The Hall–Kier alpha value is -0.980. The number of amides is 1. The fourth-order valence-corrected chi connectivity index (χ4v) is 1.23. The molecule has 0 aliphatic carbocycles. The highest BCUT2D eigenvalue weighted by molar-refractivity contribution is 5.81. The summed E-state index contributed by atoms with van der Waals surface area (Å²) in [4.78, 5) is 22.8. The van der Waals surface area contributed by atoms with Crippen molar-refractivity contribution in [3.05, 3.63) is 0 Å². The van der Waals surface area contributed by atoms with Crippen LogP contribution in [-0.4, -0.2) is 50.7 Å². The topological polar surface area (TPSA) is 90.6 Å². The van der Waals surface area contributed by atoms with Crippen LogP contribution in [0.3, 0.4) is 0 Å². The minimum atomic E-state index is -0.486. The summed E-state index contributed by atoms with van der Waals surface area (Å²) >= 11 is 0. The fourth-order valence-electron chi connectivity index (χ4n) is 1.23. The standard InChI is InChI=1S/C14H28N2O4/c1-10(2)12(17)9-20-8-7-19-6-5-16-14(18)13(15)11(3)4/h10-11,13H,5-9,15H2,1-4H3,(H,16,18). The average molecular weight is 288 g/mol. The second-order valence-corrected chi connectivity index (χ2v) is 5.35. The Morgan fingerprint density at radius 1 is 1.05 bits per heavy atom. The van der Waals surface area contributed by atoms with Crippen LogP contribution in [0.15, 0.2) is 0 Å². The summed E-state index contributed by atoms with van der Waals surface area (Å²) in [5.41, 5.74) is 5.69. The summed E-state index contributed by atoms with van der Waals surface area (Å²) in [6.07, 6.45) is 0. The van der Waals surface area contributed by atoms with Crippen LogP contribution in [-0.2, 0) is 19.1 Å². The molecule has 0 saturated heterocycles. The molecular formula is C14H28N2O4. The van der Waals surface area contributed by atoms with E-state index >= 15 is 0 Å². The van der Waals surface area contributed by atoms with E-state index in [0.717, 1.165) is 0 Å². The third kappa shape index (κ3) is 9.01. The monoisotopic (exact) mass is 288 g/mol. The van der Waals surface area contributed by atoms with Crippen molar-refractivity contribution in [1.29, 1.82) is 0 Å². The zero-order valence-electron chi connectivity index (χ0n) is 13.0. The van der Waals surface area contributed by atoms with Gasteiger partial charge in [0.05, 0.1) is 25.9 Å². The predicted molar refractivity (Wildman–Crippen MR) is 77.3 cm³/mol. The molecule has 0 aliphatic rings. The van der Waals surface area contributed by atoms with E-state index in [1.807, 2.05) is 27.7 Å². The number of ether oxygens (including phenoxy) is 2. The number of carbonyl (C=O) groups is 2. The highest BCUT2D eigenvalue weighted by atomic mass is 16.5. The maximum Gasteiger partial charge on any atom is 0.237 e. The fraction of sp³-hybridized carbons (Fsp3) is 0.857. The van der Waals surface area contributed by atoms with Crippen LogP contribution in [0.1, 0.15) is 27.7 Å². The molecule has 1 amide bonds. The maximum atomic E-state index is 11.5. The van der Waals surface area contributed by atoms with Crippen molar-refractivity contribution in [3.8, 4) is 0 Å². The van der Waals surface area contributed by atoms with Crippen LogP contribution in [0, 0.1) is 11.8 Å². The van der Waals surface area contributed by atoms with Crippen molar-refractivity contribution in [2.75, 3.05) is 33.0 Å². The lowest BCUT2D eigenvalue weighted by atomic mass is 10.1. The SMILES string of the molecule is CC(C)C(=O)COCCOCCNC(=O)C(N)C(C)C. The molecule has 0 radical (unpaired) electrons. The number of hydrogen-bond acceptors (Lipinski definition) is 5. The molecule has 1 atom stereocenters. The van der Waals surface area contributed by atoms with E-state index in [9.17, 15) is 9.59 Å². The normalized spacial score (nSPS) is 12.8. The maximum absolute atomic E-state index is 11.5. The van der Waals surface area contributed by atoms with Gasteiger partial charge >= 0.3 is 0 Å². The molecule has 0 heterocycles. The molecule has 0 aromatic heterocycles. The third-order valence-electron chi connectivity index (χ3n) is 2.83. The van der Waals surface area contributed by atoms with Gasteiger partial charge in [0, 0.05) is 12.5 Å². The van der Waals surface area contributed by atoms with Gasteiger partial charge < -0.3 is 20.5 Å². The Morgan fingerprint density at radius 2 is 1.65 bits per heavy atom. The molecule has 0 aromatic rings. The molecule has 0 bridgehead atoms. The molecule has 6 heteroatoms. The second-order valence-electron chi connectivity index (χ2n) is 5.35. The van der Waals surface area contributed by atoms with Crippen molar-refractivity contribution in [1.82, 2.24) is 5.32 Å². The van der Waals surface area contributed by atoms with Gasteiger partial charge in [-0.05, 0) is 5.92 Å². The van der Waals surface area contributed by atoms with Gasteiger partial charge in [-0.25, -0.2) is 0 Å². The van der Waals surface area contributed by atoms with Gasteiger partial charge in [-0.2, -0.15) is 0 Å². The summed E-state index contributed by atoms with van der Waals surface area (Å²) in [6, 6.07) is -0.486. The van der Waals surface area contributed by atoms with Crippen LogP contribution < -0.4 is 11.1 Å². The molecule has 20 heavy (non-hydrogen) atoms. The van der Waals surface area contributed by atoms with Gasteiger partial charge in [-0.1, -0.05) is 27.7 Å². The highest BCUT2D eigenvalue weighted by Crippen LogP contribution is 1.97. The summed E-state index contributed by atoms with van der Waals surface area (Å²) in [5.74, 6) is 0.0291. The second kappa shape index (κ2) is 10.8. The van der Waals surface area contributed by atoms with Gasteiger partial charge in [0.2, 0.25) is 5.91 Å². The Labute approximate surface area is 121 Å². The minimum absolute atomic E-state index is 0.00343. The highest BCUT2D eigenvalue weighted by Gasteiger charge is 2.16. The van der Waals surface area contributed by atoms with Crippen molar-refractivity contribution in [2.45, 2.75) is 33.7 Å². The lowest BCUT2D eigenvalue weighted by Crippen LogP contribution is -2.44. The molecule has 3 N–H and O–H groups in total. The van der Waals surface area contributed by atoms with Crippen LogP contribution in [0.25, 0.3) is 0 Å². The summed E-state index contributed by atoms with van der Waals surface area (Å²) in [6.45, 7) is 9.20. The molecule has 1 unspecified atom stereocenters. The number of Topliss-reactive ketones (excluding diaryl/α,β-unsaturated/α-hetero) is 1. The molecule has 0 rings (SSSR count). The first-order valence-electron chi connectivity index (χ1n) is 7.07. The molecule has 0 aliphatic heterocycles. The zero-order chi connectivity index (χ0) is 15.5. The van der Waals surface area contributed by atoms with Gasteiger partial charge in [0.15, 0.2) is 5.78 Å². The molecule has 0 aromatic carbocycles. The van der Waals surface area contributed by atoms with Crippen LogP contribution in [0.2, 0.25) is 0 Å². The summed E-state index contributed by atoms with van der Waals surface area (Å²) in [5, 5.41) is 2.70. The molecule has 6 nitrogen and oxygen atoms in total.